The van der Waals surface area contributed by atoms with Gasteiger partial charge in [0.05, 0.1) is 10.6 Å². The van der Waals surface area contributed by atoms with Crippen LogP contribution in [-0.4, -0.2) is 16.5 Å². The molecule has 0 saturated carbocycles. The number of aromatic nitrogens is 2. The molecule has 0 aliphatic rings. The van der Waals surface area contributed by atoms with E-state index in [4.69, 9.17) is 11.6 Å². The molecule has 4 nitrogen and oxygen atoms in total. The van der Waals surface area contributed by atoms with Gasteiger partial charge < -0.3 is 10.6 Å². The minimum Gasteiger partial charge on any atom is -0.354 e. The number of rotatable bonds is 6. The molecule has 0 saturated heterocycles. The SMILES string of the molecule is CCCCNc1nc(C)cc(Nc2ccc(Cl)c(C(F)(F)F)c2)n1. The van der Waals surface area contributed by atoms with Crippen molar-refractivity contribution in [3.05, 3.63) is 40.5 Å². The van der Waals surface area contributed by atoms with Crippen LogP contribution in [0.3, 0.4) is 0 Å². The number of benzene rings is 1. The summed E-state index contributed by atoms with van der Waals surface area (Å²) in [5.74, 6) is 0.855. The molecular formula is C16H18ClF3N4. The lowest BCUT2D eigenvalue weighted by molar-refractivity contribution is -0.137. The Morgan fingerprint density at radius 3 is 2.58 bits per heavy atom. The number of anilines is 3. The fourth-order valence-corrected chi connectivity index (χ4v) is 2.28. The lowest BCUT2D eigenvalue weighted by Gasteiger charge is -2.13. The zero-order chi connectivity index (χ0) is 17.7. The van der Waals surface area contributed by atoms with Crippen molar-refractivity contribution in [2.45, 2.75) is 32.9 Å². The van der Waals surface area contributed by atoms with Gasteiger partial charge in [-0.25, -0.2) is 4.98 Å². The molecular weight excluding hydrogens is 341 g/mol. The third-order valence-electron chi connectivity index (χ3n) is 3.21. The van der Waals surface area contributed by atoms with Crippen molar-refractivity contribution in [2.75, 3.05) is 17.2 Å². The van der Waals surface area contributed by atoms with Gasteiger partial charge in [-0.2, -0.15) is 18.2 Å². The molecule has 1 aromatic heterocycles. The van der Waals surface area contributed by atoms with Gasteiger partial charge in [0.15, 0.2) is 0 Å². The number of hydrogen-bond acceptors (Lipinski definition) is 4. The summed E-state index contributed by atoms with van der Waals surface area (Å²) in [4.78, 5) is 8.52. The van der Waals surface area contributed by atoms with Crippen LogP contribution in [0.25, 0.3) is 0 Å². The van der Waals surface area contributed by atoms with Crippen LogP contribution < -0.4 is 10.6 Å². The molecule has 0 amide bonds. The fourth-order valence-electron chi connectivity index (χ4n) is 2.06. The number of hydrogen-bond donors (Lipinski definition) is 2. The van der Waals surface area contributed by atoms with Crippen molar-refractivity contribution in [3.8, 4) is 0 Å². The lowest BCUT2D eigenvalue weighted by atomic mass is 10.2. The second-order valence-electron chi connectivity index (χ2n) is 5.32. The van der Waals surface area contributed by atoms with Crippen molar-refractivity contribution in [1.29, 1.82) is 0 Å². The number of alkyl halides is 3. The molecule has 0 aliphatic carbocycles. The van der Waals surface area contributed by atoms with Gasteiger partial charge in [-0.05, 0) is 31.5 Å². The van der Waals surface area contributed by atoms with Gasteiger partial charge in [-0.3, -0.25) is 0 Å². The highest BCUT2D eigenvalue weighted by Crippen LogP contribution is 2.36. The van der Waals surface area contributed by atoms with E-state index in [9.17, 15) is 13.2 Å². The molecule has 2 aromatic rings. The average molecular weight is 359 g/mol. The lowest BCUT2D eigenvalue weighted by Crippen LogP contribution is -2.08. The molecule has 8 heteroatoms. The third kappa shape index (κ3) is 4.99. The van der Waals surface area contributed by atoms with E-state index >= 15 is 0 Å². The molecule has 1 aromatic carbocycles. The Bertz CT molecular complexity index is 704. The van der Waals surface area contributed by atoms with E-state index in [-0.39, 0.29) is 10.7 Å². The monoisotopic (exact) mass is 358 g/mol. The predicted octanol–water partition coefficient (Wildman–Crippen LogP) is 5.41. The highest BCUT2D eigenvalue weighted by atomic mass is 35.5. The molecule has 0 bridgehead atoms. The quantitative estimate of drug-likeness (QED) is 0.677. The van der Waals surface area contributed by atoms with Crippen LogP contribution >= 0.6 is 11.6 Å². The highest BCUT2D eigenvalue weighted by molar-refractivity contribution is 6.31. The Labute approximate surface area is 143 Å². The summed E-state index contributed by atoms with van der Waals surface area (Å²) in [6.45, 7) is 4.60. The number of nitrogens with zero attached hydrogens (tertiary/aromatic N) is 2. The standard InChI is InChI=1S/C16H18ClF3N4/c1-3-4-7-21-15-22-10(2)8-14(24-15)23-11-5-6-13(17)12(9-11)16(18,19)20/h5-6,8-9H,3-4,7H2,1-2H3,(H2,21,22,23,24). The zero-order valence-electron chi connectivity index (χ0n) is 13.3. The van der Waals surface area contributed by atoms with Gasteiger partial charge in [0, 0.05) is 24.0 Å². The molecule has 1 heterocycles. The molecule has 2 N–H and O–H groups in total. The Hall–Kier alpha value is -2.02. The van der Waals surface area contributed by atoms with Crippen LogP contribution in [0.4, 0.5) is 30.6 Å². The van der Waals surface area contributed by atoms with Gasteiger partial charge in [0.1, 0.15) is 5.82 Å². The van der Waals surface area contributed by atoms with Gasteiger partial charge in [0.2, 0.25) is 5.95 Å². The summed E-state index contributed by atoms with van der Waals surface area (Å²) >= 11 is 5.62. The maximum absolute atomic E-state index is 12.9. The van der Waals surface area contributed by atoms with Gasteiger partial charge in [-0.15, -0.1) is 0 Å². The minimum absolute atomic E-state index is 0.254. The van der Waals surface area contributed by atoms with Crippen LogP contribution in [0.1, 0.15) is 31.0 Å². The molecule has 0 aliphatic heterocycles. The van der Waals surface area contributed by atoms with Crippen LogP contribution in [-0.2, 0) is 6.18 Å². The maximum atomic E-state index is 12.9. The first-order chi connectivity index (χ1) is 11.3. The van der Waals surface area contributed by atoms with Crippen LogP contribution in [0.2, 0.25) is 5.02 Å². The Morgan fingerprint density at radius 2 is 1.92 bits per heavy atom. The number of unbranched alkanes of at least 4 members (excludes halogenated alkanes) is 1. The van der Waals surface area contributed by atoms with Gasteiger partial charge in [-0.1, -0.05) is 24.9 Å². The van der Waals surface area contributed by atoms with E-state index in [1.807, 2.05) is 0 Å². The topological polar surface area (TPSA) is 49.8 Å². The summed E-state index contributed by atoms with van der Waals surface area (Å²) in [7, 11) is 0. The van der Waals surface area contributed by atoms with E-state index < -0.39 is 11.7 Å². The average Bonchev–Trinajstić information content (AvgIpc) is 2.48. The first-order valence-electron chi connectivity index (χ1n) is 7.53. The second-order valence-corrected chi connectivity index (χ2v) is 5.72. The molecule has 24 heavy (non-hydrogen) atoms. The largest absolute Gasteiger partial charge is 0.417 e. The molecule has 0 radical (unpaired) electrons. The molecule has 0 atom stereocenters. The summed E-state index contributed by atoms with van der Waals surface area (Å²) < 4.78 is 38.8. The third-order valence-corrected chi connectivity index (χ3v) is 3.54. The van der Waals surface area contributed by atoms with Crippen molar-refractivity contribution in [1.82, 2.24) is 9.97 Å². The van der Waals surface area contributed by atoms with E-state index in [1.165, 1.54) is 12.1 Å². The predicted molar refractivity (Wildman–Crippen MR) is 89.9 cm³/mol. The first-order valence-corrected chi connectivity index (χ1v) is 7.90. The molecule has 2 rings (SSSR count). The van der Waals surface area contributed by atoms with E-state index in [0.29, 0.717) is 17.5 Å². The summed E-state index contributed by atoms with van der Waals surface area (Å²) in [6, 6.07) is 5.30. The Balaban J connectivity index is 2.22. The van der Waals surface area contributed by atoms with Gasteiger partial charge >= 0.3 is 6.18 Å². The second kappa shape index (κ2) is 7.70. The zero-order valence-corrected chi connectivity index (χ0v) is 14.1. The summed E-state index contributed by atoms with van der Waals surface area (Å²) in [5.41, 5.74) is 0.0714. The minimum atomic E-state index is -4.51. The normalized spacial score (nSPS) is 11.4. The van der Waals surface area contributed by atoms with E-state index in [2.05, 4.69) is 27.5 Å². The smallest absolute Gasteiger partial charge is 0.354 e. The van der Waals surface area contributed by atoms with Crippen LogP contribution in [0.5, 0.6) is 0 Å². The Kier molecular flexibility index (Phi) is 5.88. The van der Waals surface area contributed by atoms with E-state index in [1.54, 1.807) is 13.0 Å². The number of halogens is 4. The molecule has 0 spiro atoms. The van der Waals surface area contributed by atoms with Crippen molar-refractivity contribution in [2.24, 2.45) is 0 Å². The number of nitrogens with one attached hydrogen (secondary N) is 2. The van der Waals surface area contributed by atoms with Crippen molar-refractivity contribution in [3.63, 3.8) is 0 Å². The molecule has 0 fully saturated rings. The summed E-state index contributed by atoms with van der Waals surface area (Å²) in [6.07, 6.45) is -2.50. The van der Waals surface area contributed by atoms with Crippen LogP contribution in [0, 0.1) is 6.92 Å². The van der Waals surface area contributed by atoms with Crippen molar-refractivity contribution >= 4 is 29.1 Å². The Morgan fingerprint density at radius 1 is 1.17 bits per heavy atom. The first kappa shape index (κ1) is 18.3. The number of aryl methyl sites for hydroxylation is 1. The fraction of sp³-hybridized carbons (Fsp3) is 0.375. The maximum Gasteiger partial charge on any atom is 0.417 e. The molecule has 130 valence electrons. The molecule has 0 unspecified atom stereocenters. The van der Waals surface area contributed by atoms with E-state index in [0.717, 1.165) is 25.5 Å². The summed E-state index contributed by atoms with van der Waals surface area (Å²) in [5, 5.41) is 5.62. The van der Waals surface area contributed by atoms with Crippen molar-refractivity contribution < 1.29 is 13.2 Å². The highest BCUT2D eigenvalue weighted by Gasteiger charge is 2.33. The van der Waals surface area contributed by atoms with Gasteiger partial charge in [0.25, 0.3) is 0 Å². The van der Waals surface area contributed by atoms with Crippen LogP contribution in [0.15, 0.2) is 24.3 Å².